The topological polar surface area (TPSA) is 32.6 Å². The predicted molar refractivity (Wildman–Crippen MR) is 154 cm³/mol. The Bertz CT molecular complexity index is 1160. The van der Waals surface area contributed by atoms with Crippen molar-refractivity contribution < 1.29 is 19.8 Å². The van der Waals surface area contributed by atoms with Crippen molar-refractivity contribution >= 4 is 63.8 Å². The first-order valence-corrected chi connectivity index (χ1v) is 20.1. The van der Waals surface area contributed by atoms with E-state index in [9.17, 15) is 5.11 Å². The van der Waals surface area contributed by atoms with Crippen LogP contribution >= 0.6 is 35.8 Å². The third-order valence-corrected chi connectivity index (χ3v) is 7.04. The van der Waals surface area contributed by atoms with E-state index in [0.717, 1.165) is 16.8 Å². The Balaban J connectivity index is 0.000000945. The summed E-state index contributed by atoms with van der Waals surface area (Å²) in [5.74, 6) is 0.333. The maximum absolute atomic E-state index is 11.1. The van der Waals surface area contributed by atoms with Crippen molar-refractivity contribution in [3.63, 3.8) is 0 Å². The summed E-state index contributed by atoms with van der Waals surface area (Å²) in [6, 6.07) is 17.1. The molecular formula is C27H35Cl3NOPTi+. The SMILES string of the molecule is C[PH+](C)c1cc2ccccc2cc1N=Cc1cc(C(C)(C)C)cc(C(C)(C)C)c1O.[Cl][Ti]([Cl])[Cl]. The molecule has 0 atom stereocenters. The summed E-state index contributed by atoms with van der Waals surface area (Å²) in [7, 11) is 14.2. The molecule has 7 heteroatoms. The van der Waals surface area contributed by atoms with Crippen LogP contribution in [0, 0.1) is 0 Å². The van der Waals surface area contributed by atoms with E-state index in [1.54, 1.807) is 0 Å². The third kappa shape index (κ3) is 8.23. The molecule has 0 fully saturated rings. The van der Waals surface area contributed by atoms with Crippen molar-refractivity contribution in [2.75, 3.05) is 13.3 Å². The number of aromatic hydroxyl groups is 1. The Morgan fingerprint density at radius 3 is 1.85 bits per heavy atom. The molecule has 3 aromatic rings. The van der Waals surface area contributed by atoms with Crippen LogP contribution in [0.5, 0.6) is 5.75 Å². The van der Waals surface area contributed by atoms with Gasteiger partial charge < -0.3 is 5.11 Å². The van der Waals surface area contributed by atoms with Crippen LogP contribution in [-0.2, 0) is 25.5 Å². The number of nitrogens with zero attached hydrogens (tertiary/aromatic N) is 1. The summed E-state index contributed by atoms with van der Waals surface area (Å²) in [6.07, 6.45) is 1.85. The second kappa shape index (κ2) is 12.1. The van der Waals surface area contributed by atoms with Gasteiger partial charge in [-0.15, -0.1) is 0 Å². The number of hydrogen-bond donors (Lipinski definition) is 1. The fraction of sp³-hybridized carbons (Fsp3) is 0.370. The molecule has 0 unspecified atom stereocenters. The number of halogens is 3. The van der Waals surface area contributed by atoms with E-state index in [0.29, 0.717) is 5.75 Å². The fourth-order valence-electron chi connectivity index (χ4n) is 3.63. The number of phenolic OH excluding ortho intramolecular Hbond substituents is 1. The summed E-state index contributed by atoms with van der Waals surface area (Å²) in [5, 5.41) is 14.8. The van der Waals surface area contributed by atoms with Crippen LogP contribution in [0.1, 0.15) is 58.2 Å². The van der Waals surface area contributed by atoms with Gasteiger partial charge in [-0.3, -0.25) is 4.99 Å². The van der Waals surface area contributed by atoms with Crippen LogP contribution in [0.25, 0.3) is 10.8 Å². The van der Waals surface area contributed by atoms with Gasteiger partial charge in [0.25, 0.3) is 0 Å². The molecule has 0 spiro atoms. The van der Waals surface area contributed by atoms with Gasteiger partial charge in [0.15, 0.2) is 0 Å². The molecule has 0 bridgehead atoms. The molecule has 0 saturated heterocycles. The molecule has 0 aliphatic rings. The van der Waals surface area contributed by atoms with Gasteiger partial charge in [-0.05, 0) is 45.4 Å². The molecular weight excluding hydrogens is 540 g/mol. The standard InChI is InChI=1S/C27H34NOP.3ClH.Ti/c1-26(2,3)21-13-20(25(29)22(16-21)27(4,5)6)17-28-23-14-18-11-9-10-12-19(18)15-24(23)30(7)8;;;;/h9-17,29H,1-8H3;3*1H;/q;;;;+3/p-2. The van der Waals surface area contributed by atoms with Gasteiger partial charge in [-0.2, -0.15) is 0 Å². The minimum atomic E-state index is -1.92. The Morgan fingerprint density at radius 1 is 0.853 bits per heavy atom. The second-order valence-corrected chi connectivity index (χ2v) is 20.9. The van der Waals surface area contributed by atoms with Gasteiger partial charge in [0, 0.05) is 25.3 Å². The normalized spacial score (nSPS) is 12.2. The molecule has 0 saturated carbocycles. The van der Waals surface area contributed by atoms with E-state index in [1.165, 1.54) is 21.6 Å². The number of phenols is 1. The minimum absolute atomic E-state index is 0.00655. The number of aliphatic imine (C=N–C) groups is 1. The van der Waals surface area contributed by atoms with Crippen LogP contribution in [-0.4, -0.2) is 24.7 Å². The van der Waals surface area contributed by atoms with E-state index >= 15 is 0 Å². The first kappa shape index (κ1) is 29.6. The molecule has 2 nitrogen and oxygen atoms in total. The van der Waals surface area contributed by atoms with Gasteiger partial charge >= 0.3 is 42.6 Å². The summed E-state index contributed by atoms with van der Waals surface area (Å²) in [4.78, 5) is 4.90. The Kier molecular flexibility index (Phi) is 10.5. The summed E-state index contributed by atoms with van der Waals surface area (Å²) < 4.78 is 0. The Hall–Kier alpha value is -0.596. The fourth-order valence-corrected chi connectivity index (χ4v) is 4.73. The molecule has 0 radical (unpaired) electrons. The van der Waals surface area contributed by atoms with Gasteiger partial charge in [-0.25, -0.2) is 0 Å². The zero-order valence-corrected chi connectivity index (χ0v) is 26.1. The van der Waals surface area contributed by atoms with Crippen molar-refractivity contribution in [2.24, 2.45) is 4.99 Å². The van der Waals surface area contributed by atoms with Crippen LogP contribution in [0.3, 0.4) is 0 Å². The molecule has 0 aliphatic carbocycles. The van der Waals surface area contributed by atoms with E-state index in [-0.39, 0.29) is 10.8 Å². The molecule has 3 aromatic carbocycles. The zero-order valence-electron chi connectivity index (χ0n) is 21.2. The molecule has 0 aromatic heterocycles. The summed E-state index contributed by atoms with van der Waals surface area (Å²) in [5.41, 5.74) is 3.81. The first-order chi connectivity index (χ1) is 15.6. The molecule has 0 aliphatic heterocycles. The zero-order chi connectivity index (χ0) is 25.8. The summed E-state index contributed by atoms with van der Waals surface area (Å²) >= 11 is -1.92. The van der Waals surface area contributed by atoms with Crippen LogP contribution in [0.4, 0.5) is 5.69 Å². The van der Waals surface area contributed by atoms with E-state index < -0.39 is 22.6 Å². The molecule has 0 heterocycles. The maximum atomic E-state index is 11.1. The number of rotatable bonds is 3. The van der Waals surface area contributed by atoms with Crippen LogP contribution in [0.2, 0.25) is 0 Å². The van der Waals surface area contributed by atoms with E-state index in [4.69, 9.17) is 32.9 Å². The second-order valence-electron chi connectivity index (χ2n) is 10.7. The van der Waals surface area contributed by atoms with Crippen molar-refractivity contribution in [1.82, 2.24) is 0 Å². The molecule has 1 N–H and O–H groups in total. The van der Waals surface area contributed by atoms with Gasteiger partial charge in [-0.1, -0.05) is 71.9 Å². The summed E-state index contributed by atoms with van der Waals surface area (Å²) in [6.45, 7) is 17.6. The monoisotopic (exact) mass is 573 g/mol. The van der Waals surface area contributed by atoms with Gasteiger partial charge in [0.2, 0.25) is 0 Å². The van der Waals surface area contributed by atoms with Crippen molar-refractivity contribution in [3.05, 3.63) is 65.2 Å². The third-order valence-electron chi connectivity index (χ3n) is 5.56. The molecule has 0 amide bonds. The van der Waals surface area contributed by atoms with E-state index in [2.05, 4.69) is 103 Å². The van der Waals surface area contributed by atoms with Gasteiger partial charge in [0.1, 0.15) is 16.7 Å². The van der Waals surface area contributed by atoms with Crippen molar-refractivity contribution in [3.8, 4) is 5.75 Å². The van der Waals surface area contributed by atoms with Crippen LogP contribution in [0.15, 0.2) is 53.5 Å². The van der Waals surface area contributed by atoms with Crippen LogP contribution < -0.4 is 5.30 Å². The quantitative estimate of drug-likeness (QED) is 0.189. The van der Waals surface area contributed by atoms with Crippen molar-refractivity contribution in [1.29, 1.82) is 0 Å². The Labute approximate surface area is 224 Å². The van der Waals surface area contributed by atoms with Gasteiger partial charge in [0.05, 0.1) is 13.3 Å². The van der Waals surface area contributed by atoms with Crippen molar-refractivity contribution in [2.45, 2.75) is 52.4 Å². The number of hydrogen-bond acceptors (Lipinski definition) is 2. The average Bonchev–Trinajstić information content (AvgIpc) is 2.70. The number of benzene rings is 3. The predicted octanol–water partition coefficient (Wildman–Crippen LogP) is 9.06. The number of fused-ring (bicyclic) bond motifs is 1. The molecule has 183 valence electrons. The molecule has 34 heavy (non-hydrogen) atoms. The first-order valence-electron chi connectivity index (χ1n) is 11.2. The Morgan fingerprint density at radius 2 is 1.38 bits per heavy atom. The molecule has 3 rings (SSSR count). The average molecular weight is 575 g/mol. The van der Waals surface area contributed by atoms with E-state index in [1.807, 2.05) is 6.21 Å².